The van der Waals surface area contributed by atoms with E-state index < -0.39 is 11.6 Å². The maximum atomic E-state index is 11.8. The van der Waals surface area contributed by atoms with Gasteiger partial charge in [-0.05, 0) is 42.8 Å². The highest BCUT2D eigenvalue weighted by Gasteiger charge is 2.19. The van der Waals surface area contributed by atoms with Gasteiger partial charge < -0.3 is 4.74 Å². The van der Waals surface area contributed by atoms with E-state index in [9.17, 15) is 4.79 Å². The van der Waals surface area contributed by atoms with Crippen LogP contribution in [-0.4, -0.2) is 31.1 Å². The highest BCUT2D eigenvalue weighted by molar-refractivity contribution is 9.10. The summed E-state index contributed by atoms with van der Waals surface area (Å²) in [6, 6.07) is 1.63. The summed E-state index contributed by atoms with van der Waals surface area (Å²) < 4.78 is 9.47. The lowest BCUT2D eigenvalue weighted by molar-refractivity contribution is 0.00618. The number of esters is 1. The zero-order valence-corrected chi connectivity index (χ0v) is 12.6. The molecular weight excluding hydrogens is 312 g/mol. The fraction of sp³-hybridized carbons (Fsp3) is 0.417. The third-order valence-electron chi connectivity index (χ3n) is 2.14. The molecule has 7 heteroatoms. The van der Waals surface area contributed by atoms with Crippen LogP contribution in [0.1, 0.15) is 31.3 Å². The molecule has 0 aromatic carbocycles. The molecule has 0 aliphatic carbocycles. The first-order valence-electron chi connectivity index (χ1n) is 5.78. The molecule has 0 aliphatic heterocycles. The van der Waals surface area contributed by atoms with Crippen molar-refractivity contribution in [2.45, 2.75) is 33.0 Å². The average Bonchev–Trinajstić information content (AvgIpc) is 2.86. The van der Waals surface area contributed by atoms with Crippen molar-refractivity contribution < 1.29 is 9.53 Å². The monoisotopic (exact) mass is 326 g/mol. The molecular formula is C12H15BrN4O2. The lowest BCUT2D eigenvalue weighted by atomic mass is 10.2. The van der Waals surface area contributed by atoms with Crippen molar-refractivity contribution in [2.75, 3.05) is 0 Å². The predicted molar refractivity (Wildman–Crippen MR) is 72.7 cm³/mol. The van der Waals surface area contributed by atoms with E-state index in [1.165, 1.54) is 0 Å². The van der Waals surface area contributed by atoms with Crippen LogP contribution in [0, 0.1) is 0 Å². The number of ether oxygens (including phenoxy) is 1. The summed E-state index contributed by atoms with van der Waals surface area (Å²) in [5, 5.41) is 8.28. The van der Waals surface area contributed by atoms with E-state index in [4.69, 9.17) is 4.74 Å². The van der Waals surface area contributed by atoms with E-state index >= 15 is 0 Å². The van der Waals surface area contributed by atoms with Gasteiger partial charge in [0.25, 0.3) is 0 Å². The van der Waals surface area contributed by atoms with Gasteiger partial charge in [-0.3, -0.25) is 4.68 Å². The van der Waals surface area contributed by atoms with Gasteiger partial charge in [0.05, 0.1) is 10.7 Å². The summed E-state index contributed by atoms with van der Waals surface area (Å²) >= 11 is 3.32. The van der Waals surface area contributed by atoms with Crippen molar-refractivity contribution in [3.8, 4) is 0 Å². The molecule has 0 amide bonds. The topological polar surface area (TPSA) is 61.9 Å². The van der Waals surface area contributed by atoms with E-state index in [1.807, 2.05) is 27.0 Å². The number of halogens is 1. The molecule has 0 spiro atoms. The number of rotatable bonds is 3. The van der Waals surface area contributed by atoms with Crippen molar-refractivity contribution >= 4 is 21.9 Å². The van der Waals surface area contributed by atoms with Crippen molar-refractivity contribution in [2.24, 2.45) is 0 Å². The Bertz CT molecular complexity index is 583. The number of aromatic nitrogens is 4. The van der Waals surface area contributed by atoms with Gasteiger partial charge in [0.15, 0.2) is 5.69 Å². The largest absolute Gasteiger partial charge is 0.455 e. The number of carbonyl (C=O) groups excluding carboxylic acids is 1. The van der Waals surface area contributed by atoms with Gasteiger partial charge in [-0.15, -0.1) is 0 Å². The van der Waals surface area contributed by atoms with Crippen LogP contribution in [0.15, 0.2) is 29.1 Å². The Hall–Kier alpha value is -1.63. The maximum Gasteiger partial charge on any atom is 0.359 e. The lowest BCUT2D eigenvalue weighted by Crippen LogP contribution is -2.24. The first-order valence-corrected chi connectivity index (χ1v) is 6.57. The van der Waals surface area contributed by atoms with Crippen LogP contribution in [0.5, 0.6) is 0 Å². The minimum atomic E-state index is -0.520. The summed E-state index contributed by atoms with van der Waals surface area (Å²) in [7, 11) is 0. The van der Waals surface area contributed by atoms with E-state index in [2.05, 4.69) is 26.1 Å². The van der Waals surface area contributed by atoms with Crippen molar-refractivity contribution in [3.63, 3.8) is 0 Å². The molecule has 0 saturated carbocycles. The van der Waals surface area contributed by atoms with Crippen molar-refractivity contribution in [3.05, 3.63) is 34.8 Å². The normalized spacial score (nSPS) is 11.6. The fourth-order valence-electron chi connectivity index (χ4n) is 1.44. The van der Waals surface area contributed by atoms with Gasteiger partial charge in [-0.1, -0.05) is 0 Å². The Kier molecular flexibility index (Phi) is 3.75. The zero-order chi connectivity index (χ0) is 14.0. The molecule has 0 aliphatic rings. The average molecular weight is 327 g/mol. The molecule has 0 fully saturated rings. The highest BCUT2D eigenvalue weighted by Crippen LogP contribution is 2.11. The van der Waals surface area contributed by atoms with Crippen LogP contribution in [0.3, 0.4) is 0 Å². The van der Waals surface area contributed by atoms with E-state index in [0.29, 0.717) is 12.4 Å². The van der Waals surface area contributed by atoms with Gasteiger partial charge in [0, 0.05) is 12.4 Å². The van der Waals surface area contributed by atoms with Crippen LogP contribution in [0.2, 0.25) is 0 Å². The van der Waals surface area contributed by atoms with Crippen LogP contribution in [-0.2, 0) is 11.4 Å². The molecule has 2 heterocycles. The Morgan fingerprint density at radius 2 is 2.16 bits per heavy atom. The Morgan fingerprint density at radius 3 is 2.74 bits per heavy atom. The molecule has 19 heavy (non-hydrogen) atoms. The standard InChI is InChI=1S/C12H15BrN4O2/c1-12(2,3)19-11(18)10-4-5-16(15-10)8-17-7-9(13)6-14-17/h4-7H,8H2,1-3H3. The molecule has 0 radical (unpaired) electrons. The van der Waals surface area contributed by atoms with E-state index in [0.717, 1.165) is 4.47 Å². The Morgan fingerprint density at radius 1 is 1.42 bits per heavy atom. The molecule has 0 unspecified atom stereocenters. The SMILES string of the molecule is CC(C)(C)OC(=O)c1ccn(Cn2cc(Br)cn2)n1. The van der Waals surface area contributed by atoms with E-state index in [1.54, 1.807) is 27.8 Å². The molecule has 0 bridgehead atoms. The van der Waals surface area contributed by atoms with Gasteiger partial charge in [0.1, 0.15) is 12.3 Å². The second-order valence-corrected chi connectivity index (χ2v) is 6.00. The zero-order valence-electron chi connectivity index (χ0n) is 11.0. The first-order chi connectivity index (χ1) is 8.83. The van der Waals surface area contributed by atoms with Crippen LogP contribution >= 0.6 is 15.9 Å². The number of carbonyl (C=O) groups is 1. The number of nitrogens with zero attached hydrogens (tertiary/aromatic N) is 4. The summed E-state index contributed by atoms with van der Waals surface area (Å²) in [5.74, 6) is -0.423. The molecule has 2 rings (SSSR count). The third kappa shape index (κ3) is 3.92. The smallest absolute Gasteiger partial charge is 0.359 e. The van der Waals surface area contributed by atoms with Crippen LogP contribution < -0.4 is 0 Å². The Balaban J connectivity index is 2.05. The summed E-state index contributed by atoms with van der Waals surface area (Å²) in [5.41, 5.74) is -0.227. The second-order valence-electron chi connectivity index (χ2n) is 5.08. The van der Waals surface area contributed by atoms with Gasteiger partial charge >= 0.3 is 5.97 Å². The summed E-state index contributed by atoms with van der Waals surface area (Å²) in [6.45, 7) is 5.91. The summed E-state index contributed by atoms with van der Waals surface area (Å²) in [4.78, 5) is 11.8. The number of hydrogen-bond acceptors (Lipinski definition) is 4. The molecule has 2 aromatic rings. The third-order valence-corrected chi connectivity index (χ3v) is 2.55. The van der Waals surface area contributed by atoms with Crippen molar-refractivity contribution in [1.29, 1.82) is 0 Å². The minimum Gasteiger partial charge on any atom is -0.455 e. The summed E-state index contributed by atoms with van der Waals surface area (Å²) in [6.07, 6.45) is 5.24. The second kappa shape index (κ2) is 5.16. The number of hydrogen-bond donors (Lipinski definition) is 0. The minimum absolute atomic E-state index is 0.293. The van der Waals surface area contributed by atoms with Crippen LogP contribution in [0.4, 0.5) is 0 Å². The predicted octanol–water partition coefficient (Wildman–Crippen LogP) is 2.30. The first kappa shape index (κ1) is 13.8. The molecule has 0 N–H and O–H groups in total. The molecule has 2 aromatic heterocycles. The molecule has 102 valence electrons. The van der Waals surface area contributed by atoms with Gasteiger partial charge in [0.2, 0.25) is 0 Å². The Labute approximate surface area is 119 Å². The highest BCUT2D eigenvalue weighted by atomic mass is 79.9. The van der Waals surface area contributed by atoms with E-state index in [-0.39, 0.29) is 0 Å². The lowest BCUT2D eigenvalue weighted by Gasteiger charge is -2.18. The fourth-order valence-corrected chi connectivity index (χ4v) is 1.77. The molecule has 6 nitrogen and oxygen atoms in total. The molecule has 0 saturated heterocycles. The maximum absolute atomic E-state index is 11.8. The van der Waals surface area contributed by atoms with Gasteiger partial charge in [-0.2, -0.15) is 10.2 Å². The van der Waals surface area contributed by atoms with Crippen LogP contribution in [0.25, 0.3) is 0 Å². The van der Waals surface area contributed by atoms with Crippen molar-refractivity contribution in [1.82, 2.24) is 19.6 Å². The quantitative estimate of drug-likeness (QED) is 0.812. The van der Waals surface area contributed by atoms with Gasteiger partial charge in [-0.25, -0.2) is 9.48 Å². The molecule has 0 atom stereocenters.